The van der Waals surface area contributed by atoms with E-state index in [0.29, 0.717) is 0 Å². The van der Waals surface area contributed by atoms with Crippen molar-refractivity contribution in [2.24, 2.45) is 0 Å². The topological polar surface area (TPSA) is 38.6 Å². The van der Waals surface area contributed by atoms with Gasteiger partial charge in [-0.15, -0.1) is 0 Å². The van der Waals surface area contributed by atoms with E-state index in [1.807, 2.05) is 0 Å². The number of thiazole rings is 1. The molecule has 0 aliphatic carbocycles. The molecule has 134 valence electrons. The molecular weight excluding hydrogens is 342 g/mol. The number of methoxy groups -OCH3 is 1. The Morgan fingerprint density at radius 1 is 1.08 bits per heavy atom. The van der Waals surface area contributed by atoms with Gasteiger partial charge in [-0.2, -0.15) is 0 Å². The van der Waals surface area contributed by atoms with Crippen LogP contribution in [0.15, 0.2) is 42.5 Å². The molecule has 0 bridgehead atoms. The summed E-state index contributed by atoms with van der Waals surface area (Å²) in [7, 11) is 1.74. The Hall–Kier alpha value is -2.37. The highest BCUT2D eigenvalue weighted by atomic mass is 32.1. The van der Waals surface area contributed by atoms with Gasteiger partial charge < -0.3 is 10.1 Å². The maximum atomic E-state index is 5.18. The molecule has 0 amide bonds. The van der Waals surface area contributed by atoms with E-state index in [4.69, 9.17) is 9.72 Å². The summed E-state index contributed by atoms with van der Waals surface area (Å²) in [6, 6.07) is 15.2. The van der Waals surface area contributed by atoms with E-state index in [0.717, 1.165) is 41.6 Å². The van der Waals surface area contributed by atoms with Gasteiger partial charge in [0.1, 0.15) is 11.5 Å². The number of aryl methyl sites for hydroxylation is 2. The summed E-state index contributed by atoms with van der Waals surface area (Å²) in [6.07, 6.45) is 0.957. The summed E-state index contributed by atoms with van der Waals surface area (Å²) in [6.45, 7) is 5.83. The number of fused-ring (bicyclic) bond motifs is 3. The molecule has 0 aliphatic heterocycles. The van der Waals surface area contributed by atoms with Crippen LogP contribution in [0, 0.1) is 13.8 Å². The molecule has 0 aliphatic rings. The average molecular weight is 366 g/mol. The quantitative estimate of drug-likeness (QED) is 0.472. The Labute approximate surface area is 157 Å². The van der Waals surface area contributed by atoms with Crippen LogP contribution in [0.4, 0.5) is 5.82 Å². The molecule has 1 N–H and O–H groups in total. The van der Waals surface area contributed by atoms with Crippen LogP contribution in [-0.4, -0.2) is 29.6 Å². The number of nitrogens with one attached hydrogen (secondary N) is 1. The first-order valence-corrected chi connectivity index (χ1v) is 9.70. The molecule has 0 unspecified atom stereocenters. The minimum Gasteiger partial charge on any atom is -0.385 e. The van der Waals surface area contributed by atoms with Crippen LogP contribution in [-0.2, 0) is 4.74 Å². The van der Waals surface area contributed by atoms with Crippen molar-refractivity contribution in [2.75, 3.05) is 25.6 Å². The van der Waals surface area contributed by atoms with Gasteiger partial charge in [-0.25, -0.2) is 4.98 Å². The van der Waals surface area contributed by atoms with E-state index in [1.54, 1.807) is 18.4 Å². The van der Waals surface area contributed by atoms with Gasteiger partial charge in [0.25, 0.3) is 0 Å². The molecule has 0 saturated carbocycles. The summed E-state index contributed by atoms with van der Waals surface area (Å²) in [5.41, 5.74) is 5.88. The fourth-order valence-electron chi connectivity index (χ4n) is 3.18. The number of imidazole rings is 1. The number of rotatable bonds is 6. The van der Waals surface area contributed by atoms with Gasteiger partial charge in [-0.05, 0) is 38.0 Å². The molecule has 2 aromatic heterocycles. The van der Waals surface area contributed by atoms with E-state index in [1.165, 1.54) is 21.3 Å². The van der Waals surface area contributed by atoms with Gasteiger partial charge in [0, 0.05) is 25.8 Å². The predicted octanol–water partition coefficient (Wildman–Crippen LogP) is 5.28. The second-order valence-electron chi connectivity index (χ2n) is 6.64. The van der Waals surface area contributed by atoms with Gasteiger partial charge in [0.15, 0.2) is 4.96 Å². The van der Waals surface area contributed by atoms with E-state index in [9.17, 15) is 0 Å². The molecule has 0 radical (unpaired) electrons. The third kappa shape index (κ3) is 3.08. The van der Waals surface area contributed by atoms with Crippen LogP contribution in [0.25, 0.3) is 26.4 Å². The molecule has 26 heavy (non-hydrogen) atoms. The fourth-order valence-corrected chi connectivity index (χ4v) is 4.30. The highest BCUT2D eigenvalue weighted by molar-refractivity contribution is 7.23. The SMILES string of the molecule is COCCCNc1c(-c2ccc(C)cc2)nc2sc3cc(C)ccc3n12. The lowest BCUT2D eigenvalue weighted by molar-refractivity contribution is 0.198. The van der Waals surface area contributed by atoms with E-state index >= 15 is 0 Å². The third-order valence-electron chi connectivity index (χ3n) is 4.55. The fraction of sp³-hybridized carbons (Fsp3) is 0.286. The lowest BCUT2D eigenvalue weighted by atomic mass is 10.1. The van der Waals surface area contributed by atoms with Crippen molar-refractivity contribution in [3.8, 4) is 11.3 Å². The van der Waals surface area contributed by atoms with Gasteiger partial charge >= 0.3 is 0 Å². The van der Waals surface area contributed by atoms with Gasteiger partial charge in [-0.1, -0.05) is 47.2 Å². The van der Waals surface area contributed by atoms with E-state index < -0.39 is 0 Å². The number of anilines is 1. The lowest BCUT2D eigenvalue weighted by Gasteiger charge is -2.09. The molecule has 4 aromatic rings. The molecule has 0 spiro atoms. The third-order valence-corrected chi connectivity index (χ3v) is 5.55. The molecule has 2 heterocycles. The minimum atomic E-state index is 0.748. The highest BCUT2D eigenvalue weighted by Gasteiger charge is 2.18. The lowest BCUT2D eigenvalue weighted by Crippen LogP contribution is -2.07. The molecule has 0 fully saturated rings. The first-order chi connectivity index (χ1) is 12.7. The van der Waals surface area contributed by atoms with Crippen LogP contribution in [0.1, 0.15) is 17.5 Å². The van der Waals surface area contributed by atoms with Crippen molar-refractivity contribution in [3.05, 3.63) is 53.6 Å². The monoisotopic (exact) mass is 365 g/mol. The summed E-state index contributed by atoms with van der Waals surface area (Å²) in [5, 5.41) is 3.60. The largest absolute Gasteiger partial charge is 0.385 e. The highest BCUT2D eigenvalue weighted by Crippen LogP contribution is 2.36. The molecule has 4 rings (SSSR count). The van der Waals surface area contributed by atoms with Crippen LogP contribution in [0.5, 0.6) is 0 Å². The molecule has 4 nitrogen and oxygen atoms in total. The zero-order valence-corrected chi connectivity index (χ0v) is 16.2. The van der Waals surface area contributed by atoms with Crippen molar-refractivity contribution in [2.45, 2.75) is 20.3 Å². The summed E-state index contributed by atoms with van der Waals surface area (Å²) < 4.78 is 8.70. The van der Waals surface area contributed by atoms with Crippen molar-refractivity contribution < 1.29 is 4.74 Å². The smallest absolute Gasteiger partial charge is 0.197 e. The number of benzene rings is 2. The number of ether oxygens (including phenoxy) is 1. The maximum Gasteiger partial charge on any atom is 0.197 e. The number of aromatic nitrogens is 2. The number of hydrogen-bond donors (Lipinski definition) is 1. The predicted molar refractivity (Wildman–Crippen MR) is 110 cm³/mol. The average Bonchev–Trinajstić information content (AvgIpc) is 3.15. The van der Waals surface area contributed by atoms with Crippen molar-refractivity contribution in [1.29, 1.82) is 0 Å². The molecule has 2 aromatic carbocycles. The second-order valence-corrected chi connectivity index (χ2v) is 7.65. The Kier molecular flexibility index (Phi) is 4.66. The van der Waals surface area contributed by atoms with E-state index in [-0.39, 0.29) is 0 Å². The van der Waals surface area contributed by atoms with Crippen LogP contribution >= 0.6 is 11.3 Å². The summed E-state index contributed by atoms with van der Waals surface area (Å²) >= 11 is 1.74. The second kappa shape index (κ2) is 7.09. The maximum absolute atomic E-state index is 5.18. The zero-order valence-electron chi connectivity index (χ0n) is 15.4. The molecule has 0 atom stereocenters. The molecule has 0 saturated heterocycles. The Balaban J connectivity index is 1.85. The zero-order chi connectivity index (χ0) is 18.1. The first kappa shape index (κ1) is 17.1. The van der Waals surface area contributed by atoms with Crippen molar-refractivity contribution in [1.82, 2.24) is 9.38 Å². The molecular formula is C21H23N3OS. The normalized spacial score (nSPS) is 11.5. The van der Waals surface area contributed by atoms with Gasteiger partial charge in [0.05, 0.1) is 10.2 Å². The summed E-state index contributed by atoms with van der Waals surface area (Å²) in [5.74, 6) is 1.06. The van der Waals surface area contributed by atoms with Crippen molar-refractivity contribution >= 4 is 32.3 Å². The standard InChI is InChI=1S/C21H23N3OS/c1-14-5-8-16(9-6-14)19-20(22-11-4-12-25-3)24-17-10-7-15(2)13-18(17)26-21(24)23-19/h5-10,13,22H,4,11-12H2,1-3H3. The van der Waals surface area contributed by atoms with E-state index in [2.05, 4.69) is 66.0 Å². The summed E-state index contributed by atoms with van der Waals surface area (Å²) in [4.78, 5) is 5.99. The Morgan fingerprint density at radius 2 is 1.85 bits per heavy atom. The van der Waals surface area contributed by atoms with Gasteiger partial charge in [0.2, 0.25) is 0 Å². The number of hydrogen-bond acceptors (Lipinski definition) is 4. The minimum absolute atomic E-state index is 0.748. The first-order valence-electron chi connectivity index (χ1n) is 8.89. The Bertz CT molecular complexity index is 1050. The molecule has 5 heteroatoms. The van der Waals surface area contributed by atoms with Crippen LogP contribution in [0.3, 0.4) is 0 Å². The number of nitrogens with zero attached hydrogens (tertiary/aromatic N) is 2. The Morgan fingerprint density at radius 3 is 2.62 bits per heavy atom. The van der Waals surface area contributed by atoms with Crippen LogP contribution in [0.2, 0.25) is 0 Å². The van der Waals surface area contributed by atoms with Crippen molar-refractivity contribution in [3.63, 3.8) is 0 Å². The van der Waals surface area contributed by atoms with Gasteiger partial charge in [-0.3, -0.25) is 4.40 Å². The van der Waals surface area contributed by atoms with Crippen LogP contribution < -0.4 is 5.32 Å².